The third-order valence-electron chi connectivity index (χ3n) is 6.91. The second kappa shape index (κ2) is 12.9. The van der Waals surface area contributed by atoms with Gasteiger partial charge in [-0.05, 0) is 26.0 Å². The van der Waals surface area contributed by atoms with E-state index in [4.69, 9.17) is 0 Å². The molecule has 0 radical (unpaired) electrons. The standard InChI is InChI=1S/C27H31N9O5S2/c1-17(14-35-7-9-36(10-8-35)43(39,40)25-18(2)33-26(42-25)34-27(38)41-3)32-24-22-6-4-5-21(23(22)29-15-30-24)19-11-20(31-16-37)13-28-12-19/h4-6,11-13,15-17H,7-10,14H2,1-3H3,(H,31,37)(H,29,30,32)(H,33,34,38)/t17-/m0/s1. The first-order valence-electron chi connectivity index (χ1n) is 13.4. The molecule has 3 aromatic heterocycles. The van der Waals surface area contributed by atoms with Crippen LogP contribution in [0.15, 0.2) is 47.2 Å². The number of thiazole rings is 1. The zero-order valence-corrected chi connectivity index (χ0v) is 25.4. The summed E-state index contributed by atoms with van der Waals surface area (Å²) in [5.74, 6) is 0.688. The van der Waals surface area contributed by atoms with Crippen molar-refractivity contribution in [2.24, 2.45) is 0 Å². The van der Waals surface area contributed by atoms with Gasteiger partial charge in [-0.3, -0.25) is 20.0 Å². The molecule has 43 heavy (non-hydrogen) atoms. The maximum absolute atomic E-state index is 13.3. The number of carbonyl (C=O) groups is 2. The molecular weight excluding hydrogens is 594 g/mol. The van der Waals surface area contributed by atoms with Crippen molar-refractivity contribution in [2.45, 2.75) is 24.1 Å². The van der Waals surface area contributed by atoms with E-state index < -0.39 is 16.1 Å². The number of carbonyl (C=O) groups excluding carboxylic acids is 2. The lowest BCUT2D eigenvalue weighted by atomic mass is 10.0. The number of para-hydroxylation sites is 1. The number of ether oxygens (including phenoxy) is 1. The van der Waals surface area contributed by atoms with Crippen molar-refractivity contribution in [2.75, 3.05) is 55.8 Å². The van der Waals surface area contributed by atoms with Crippen molar-refractivity contribution in [1.29, 1.82) is 0 Å². The predicted molar refractivity (Wildman–Crippen MR) is 164 cm³/mol. The van der Waals surface area contributed by atoms with Crippen LogP contribution in [0, 0.1) is 6.92 Å². The van der Waals surface area contributed by atoms with Gasteiger partial charge in [0.2, 0.25) is 6.41 Å². The summed E-state index contributed by atoms with van der Waals surface area (Å²) in [6.45, 7) is 6.11. The van der Waals surface area contributed by atoms with Crippen molar-refractivity contribution in [3.63, 3.8) is 0 Å². The number of fused-ring (bicyclic) bond motifs is 1. The van der Waals surface area contributed by atoms with Gasteiger partial charge in [0.25, 0.3) is 10.0 Å². The Labute approximate surface area is 252 Å². The van der Waals surface area contributed by atoms with Gasteiger partial charge in [-0.25, -0.2) is 28.2 Å². The lowest BCUT2D eigenvalue weighted by molar-refractivity contribution is -0.105. The van der Waals surface area contributed by atoms with E-state index in [9.17, 15) is 18.0 Å². The number of hydrogen-bond donors (Lipinski definition) is 3. The highest BCUT2D eigenvalue weighted by molar-refractivity contribution is 7.91. The molecule has 16 heteroatoms. The Balaban J connectivity index is 1.23. The Hall–Kier alpha value is -4.25. The predicted octanol–water partition coefficient (Wildman–Crippen LogP) is 3.01. The van der Waals surface area contributed by atoms with E-state index in [1.165, 1.54) is 17.7 Å². The second-order valence-corrected chi connectivity index (χ2v) is 13.0. The van der Waals surface area contributed by atoms with Crippen molar-refractivity contribution in [3.05, 3.63) is 48.7 Å². The molecule has 1 aromatic carbocycles. The largest absolute Gasteiger partial charge is 0.453 e. The number of nitrogens with zero attached hydrogens (tertiary/aromatic N) is 6. The number of aryl methyl sites for hydroxylation is 1. The molecular formula is C27H31N9O5S2. The molecule has 0 unspecified atom stereocenters. The van der Waals surface area contributed by atoms with Crippen LogP contribution in [0.4, 0.5) is 21.4 Å². The van der Waals surface area contributed by atoms with E-state index in [0.717, 1.165) is 33.4 Å². The minimum Gasteiger partial charge on any atom is -0.453 e. The van der Waals surface area contributed by atoms with Gasteiger partial charge >= 0.3 is 6.09 Å². The molecule has 3 N–H and O–H groups in total. The molecule has 1 aliphatic heterocycles. The van der Waals surface area contributed by atoms with E-state index in [-0.39, 0.29) is 15.4 Å². The molecule has 1 fully saturated rings. The second-order valence-electron chi connectivity index (χ2n) is 9.91. The summed E-state index contributed by atoms with van der Waals surface area (Å²) < 4.78 is 32.8. The highest BCUT2D eigenvalue weighted by Gasteiger charge is 2.32. The average Bonchev–Trinajstić information content (AvgIpc) is 3.38. The number of sulfonamides is 1. The number of hydrogen-bond acceptors (Lipinski definition) is 12. The first-order chi connectivity index (χ1) is 20.7. The molecule has 4 aromatic rings. The maximum atomic E-state index is 13.3. The fourth-order valence-electron chi connectivity index (χ4n) is 4.92. The summed E-state index contributed by atoms with van der Waals surface area (Å²) in [6, 6.07) is 7.66. The zero-order valence-electron chi connectivity index (χ0n) is 23.8. The Kier molecular flexibility index (Phi) is 9.10. The topological polar surface area (TPSA) is 172 Å². The molecule has 0 spiro atoms. The smallest absolute Gasteiger partial charge is 0.413 e. The minimum atomic E-state index is -3.76. The van der Waals surface area contributed by atoms with Crippen LogP contribution in [-0.2, 0) is 19.6 Å². The molecule has 0 aliphatic carbocycles. The van der Waals surface area contributed by atoms with Gasteiger partial charge < -0.3 is 15.4 Å². The Bertz CT molecular complexity index is 1740. The zero-order chi connectivity index (χ0) is 30.6. The molecule has 4 heterocycles. The van der Waals surface area contributed by atoms with Gasteiger partial charge in [-0.15, -0.1) is 0 Å². The van der Waals surface area contributed by atoms with E-state index in [1.807, 2.05) is 24.3 Å². The minimum absolute atomic E-state index is 0.00222. The number of piperazine rings is 1. The lowest BCUT2D eigenvalue weighted by Crippen LogP contribution is -2.50. The summed E-state index contributed by atoms with van der Waals surface area (Å²) in [5.41, 5.74) is 3.34. The van der Waals surface area contributed by atoms with Crippen molar-refractivity contribution in [1.82, 2.24) is 29.1 Å². The van der Waals surface area contributed by atoms with Crippen LogP contribution in [0.3, 0.4) is 0 Å². The Morgan fingerprint density at radius 2 is 1.98 bits per heavy atom. The highest BCUT2D eigenvalue weighted by atomic mass is 32.2. The van der Waals surface area contributed by atoms with Gasteiger partial charge in [0, 0.05) is 61.5 Å². The average molecular weight is 626 g/mol. The van der Waals surface area contributed by atoms with Crippen LogP contribution in [0.25, 0.3) is 22.0 Å². The van der Waals surface area contributed by atoms with Crippen molar-refractivity contribution in [3.8, 4) is 11.1 Å². The van der Waals surface area contributed by atoms with Gasteiger partial charge in [0.05, 0.1) is 30.2 Å². The van der Waals surface area contributed by atoms with Crippen LogP contribution in [0.1, 0.15) is 12.6 Å². The molecule has 5 rings (SSSR count). The summed E-state index contributed by atoms with van der Waals surface area (Å²) in [5, 5.41) is 9.56. The third-order valence-corrected chi connectivity index (χ3v) is 10.5. The Morgan fingerprint density at radius 1 is 1.19 bits per heavy atom. The normalized spacial score (nSPS) is 15.1. The number of pyridine rings is 1. The van der Waals surface area contributed by atoms with Crippen LogP contribution in [-0.4, -0.2) is 95.9 Å². The van der Waals surface area contributed by atoms with Gasteiger partial charge in [0.1, 0.15) is 12.1 Å². The number of aromatic nitrogens is 4. The molecule has 14 nitrogen and oxygen atoms in total. The fourth-order valence-corrected chi connectivity index (χ4v) is 7.88. The van der Waals surface area contributed by atoms with Gasteiger partial charge in [-0.1, -0.05) is 23.5 Å². The fraction of sp³-hybridized carbons (Fsp3) is 0.333. The van der Waals surface area contributed by atoms with E-state index in [0.29, 0.717) is 56.3 Å². The molecule has 1 atom stereocenters. The summed E-state index contributed by atoms with van der Waals surface area (Å²) in [6.07, 6.45) is 4.71. The van der Waals surface area contributed by atoms with Crippen LogP contribution in [0.2, 0.25) is 0 Å². The van der Waals surface area contributed by atoms with Crippen LogP contribution in [0.5, 0.6) is 0 Å². The third kappa shape index (κ3) is 6.72. The number of anilines is 3. The molecule has 1 saturated heterocycles. The number of rotatable bonds is 10. The Morgan fingerprint density at radius 3 is 2.72 bits per heavy atom. The SMILES string of the molecule is COC(=O)Nc1nc(C)c(S(=O)(=O)N2CCN(C[C@H](C)Nc3ncnc4c(-c5cncc(NC=O)c5)cccc34)CC2)s1. The number of methoxy groups -OCH3 is 1. The van der Waals surface area contributed by atoms with Crippen LogP contribution < -0.4 is 16.0 Å². The number of nitrogens with one attached hydrogen (secondary N) is 3. The van der Waals surface area contributed by atoms with E-state index in [1.54, 1.807) is 19.3 Å². The summed E-state index contributed by atoms with van der Waals surface area (Å²) in [7, 11) is -2.53. The molecule has 1 aliphatic rings. The first kappa shape index (κ1) is 30.2. The van der Waals surface area contributed by atoms with Crippen LogP contribution >= 0.6 is 11.3 Å². The van der Waals surface area contributed by atoms with Crippen molar-refractivity contribution >= 4 is 61.4 Å². The molecule has 0 bridgehead atoms. The molecule has 226 valence electrons. The summed E-state index contributed by atoms with van der Waals surface area (Å²) >= 11 is 0.911. The quantitative estimate of drug-likeness (QED) is 0.221. The number of amides is 2. The van der Waals surface area contributed by atoms with E-state index >= 15 is 0 Å². The number of benzene rings is 1. The van der Waals surface area contributed by atoms with Crippen molar-refractivity contribution < 1.29 is 22.7 Å². The molecule has 2 amide bonds. The molecule has 0 saturated carbocycles. The van der Waals surface area contributed by atoms with Gasteiger partial charge in [0.15, 0.2) is 9.34 Å². The lowest BCUT2D eigenvalue weighted by Gasteiger charge is -2.35. The first-order valence-corrected chi connectivity index (χ1v) is 15.7. The maximum Gasteiger partial charge on any atom is 0.413 e. The van der Waals surface area contributed by atoms with E-state index in [2.05, 4.69) is 52.4 Å². The highest BCUT2D eigenvalue weighted by Crippen LogP contribution is 2.32. The summed E-state index contributed by atoms with van der Waals surface area (Å²) in [4.78, 5) is 42.0. The van der Waals surface area contributed by atoms with Gasteiger partial charge in [-0.2, -0.15) is 4.31 Å². The monoisotopic (exact) mass is 625 g/mol.